The molecule has 0 saturated heterocycles. The van der Waals surface area contributed by atoms with Crippen LogP contribution in [0.2, 0.25) is 0 Å². The maximum atomic E-state index is 11.4. The molecule has 2 rings (SSSR count). The number of aromatic amines is 1. The van der Waals surface area contributed by atoms with Gasteiger partial charge < -0.3 is 14.8 Å². The summed E-state index contributed by atoms with van der Waals surface area (Å²) in [6.07, 6.45) is 1.19. The van der Waals surface area contributed by atoms with E-state index >= 15 is 0 Å². The smallest absolute Gasteiger partial charge is 0.258 e. The number of aromatic hydroxyl groups is 1. The van der Waals surface area contributed by atoms with Crippen molar-refractivity contribution in [3.05, 3.63) is 28.8 Å². The molecule has 5 heteroatoms. The summed E-state index contributed by atoms with van der Waals surface area (Å²) in [6.45, 7) is 0. The lowest BCUT2D eigenvalue weighted by Gasteiger charge is -2.03. The molecule has 0 bridgehead atoms. The van der Waals surface area contributed by atoms with Gasteiger partial charge in [-0.05, 0) is 6.07 Å². The number of ether oxygens (including phenoxy) is 1. The van der Waals surface area contributed by atoms with Crippen LogP contribution in [0, 0.1) is 0 Å². The predicted octanol–water partition coefficient (Wildman–Crippen LogP) is 0.637. The van der Waals surface area contributed by atoms with Gasteiger partial charge >= 0.3 is 0 Å². The van der Waals surface area contributed by atoms with Crippen LogP contribution < -0.4 is 10.3 Å². The molecule has 0 unspecified atom stereocenters. The third kappa shape index (κ3) is 1.19. The highest BCUT2D eigenvalue weighted by Gasteiger charge is 2.06. The molecular weight excluding hydrogens is 184 g/mol. The molecule has 0 saturated carbocycles. The highest BCUT2D eigenvalue weighted by atomic mass is 16.5. The summed E-state index contributed by atoms with van der Waals surface area (Å²) in [5.41, 5.74) is -0.186. The number of phenols is 1. The normalized spacial score (nSPS) is 14.4. The summed E-state index contributed by atoms with van der Waals surface area (Å²) >= 11 is 0. The highest BCUT2D eigenvalue weighted by Crippen LogP contribution is 2.28. The number of hydrogen-bond acceptors (Lipinski definition) is 4. The molecule has 0 amide bonds. The molecule has 1 aromatic heterocycles. The Morgan fingerprint density at radius 2 is 2.50 bits per heavy atom. The number of phenolic OH excluding ortho intramolecular Hbond substituents is 1. The molecule has 2 aromatic rings. The van der Waals surface area contributed by atoms with Crippen LogP contribution in [0.1, 0.15) is 4.11 Å². The second kappa shape index (κ2) is 3.02. The fourth-order valence-electron chi connectivity index (χ4n) is 1.17. The van der Waals surface area contributed by atoms with Crippen molar-refractivity contribution >= 4 is 10.9 Å². The van der Waals surface area contributed by atoms with E-state index in [-0.39, 0.29) is 22.4 Å². The average molecular weight is 195 g/mol. The summed E-state index contributed by atoms with van der Waals surface area (Å²) in [5.74, 6) is -0.664. The molecular formula is C9H8N2O3. The molecule has 0 radical (unpaired) electrons. The quantitative estimate of drug-likeness (QED) is 0.700. The van der Waals surface area contributed by atoms with Crippen molar-refractivity contribution in [3.63, 3.8) is 0 Å². The fourth-order valence-corrected chi connectivity index (χ4v) is 1.17. The largest absolute Gasteiger partial charge is 0.504 e. The third-order valence-corrected chi connectivity index (χ3v) is 1.83. The van der Waals surface area contributed by atoms with E-state index in [0.717, 1.165) is 6.07 Å². The first-order chi connectivity index (χ1) is 7.87. The van der Waals surface area contributed by atoms with E-state index in [1.165, 1.54) is 12.4 Å². The fraction of sp³-hybridized carbons (Fsp3) is 0.111. The molecule has 0 fully saturated rings. The minimum Gasteiger partial charge on any atom is -0.504 e. The number of rotatable bonds is 1. The van der Waals surface area contributed by atoms with Crippen molar-refractivity contribution in [1.82, 2.24) is 9.97 Å². The number of benzene rings is 1. The van der Waals surface area contributed by atoms with Gasteiger partial charge in [-0.25, -0.2) is 4.98 Å². The highest BCUT2D eigenvalue weighted by molar-refractivity contribution is 5.81. The topological polar surface area (TPSA) is 75.2 Å². The minimum atomic E-state index is -2.69. The zero-order valence-corrected chi connectivity index (χ0v) is 6.94. The lowest BCUT2D eigenvalue weighted by molar-refractivity contribution is 0.374. The summed E-state index contributed by atoms with van der Waals surface area (Å²) in [5, 5.41) is 9.68. The zero-order chi connectivity index (χ0) is 12.6. The van der Waals surface area contributed by atoms with Crippen LogP contribution in [0.25, 0.3) is 10.9 Å². The van der Waals surface area contributed by atoms with Gasteiger partial charge in [0.2, 0.25) is 0 Å². The zero-order valence-electron chi connectivity index (χ0n) is 9.94. The summed E-state index contributed by atoms with van der Waals surface area (Å²) in [7, 11) is -2.69. The van der Waals surface area contributed by atoms with Crippen LogP contribution in [0.15, 0.2) is 23.3 Å². The van der Waals surface area contributed by atoms with Gasteiger partial charge in [0.15, 0.2) is 11.5 Å². The molecule has 1 heterocycles. The van der Waals surface area contributed by atoms with Crippen molar-refractivity contribution in [2.45, 2.75) is 0 Å². The van der Waals surface area contributed by atoms with Gasteiger partial charge in [-0.1, -0.05) is 0 Å². The van der Waals surface area contributed by atoms with E-state index in [9.17, 15) is 9.90 Å². The summed E-state index contributed by atoms with van der Waals surface area (Å²) in [4.78, 5) is 17.6. The molecule has 2 N–H and O–H groups in total. The van der Waals surface area contributed by atoms with Gasteiger partial charge in [0.05, 0.1) is 28.4 Å². The maximum absolute atomic E-state index is 11.4. The van der Waals surface area contributed by atoms with E-state index in [4.69, 9.17) is 4.11 Å². The molecule has 5 nitrogen and oxygen atoms in total. The molecule has 72 valence electrons. The number of nitrogens with zero attached hydrogens (tertiary/aromatic N) is 1. The van der Waals surface area contributed by atoms with Crippen LogP contribution in [-0.4, -0.2) is 22.1 Å². The first kappa shape index (κ1) is 5.64. The number of H-pyrrole nitrogens is 1. The van der Waals surface area contributed by atoms with Gasteiger partial charge in [0.25, 0.3) is 5.56 Å². The first-order valence-corrected chi connectivity index (χ1v) is 3.76. The van der Waals surface area contributed by atoms with E-state index in [0.29, 0.717) is 0 Å². The van der Waals surface area contributed by atoms with E-state index in [1.807, 2.05) is 0 Å². The van der Waals surface area contributed by atoms with Gasteiger partial charge in [-0.15, -0.1) is 0 Å². The van der Waals surface area contributed by atoms with Gasteiger partial charge in [0, 0.05) is 6.07 Å². The van der Waals surface area contributed by atoms with Gasteiger partial charge in [0.1, 0.15) is 0 Å². The van der Waals surface area contributed by atoms with Gasteiger partial charge in [-0.3, -0.25) is 4.79 Å². The Bertz CT molecular complexity index is 621. The summed E-state index contributed by atoms with van der Waals surface area (Å²) in [6, 6.07) is 2.31. The Morgan fingerprint density at radius 3 is 3.29 bits per heavy atom. The number of methoxy groups -OCH3 is 1. The maximum Gasteiger partial charge on any atom is 0.258 e. The second-order valence-electron chi connectivity index (χ2n) is 2.67. The lowest BCUT2D eigenvalue weighted by atomic mass is 10.2. The van der Waals surface area contributed by atoms with E-state index < -0.39 is 12.6 Å². The Morgan fingerprint density at radius 1 is 1.64 bits per heavy atom. The standard InChI is InChI=1S/C9H8N2O3/c1-14-8-2-5-6(3-7(8)12)10-4-11-9(5)13/h2-4,12H,1H3,(H,10,11,13)/i1D3. The molecule has 0 atom stereocenters. The van der Waals surface area contributed by atoms with Crippen LogP contribution in [0.4, 0.5) is 0 Å². The summed E-state index contributed by atoms with van der Waals surface area (Å²) < 4.78 is 25.3. The Labute approximate surface area is 83.2 Å². The van der Waals surface area contributed by atoms with Crippen LogP contribution in [0.3, 0.4) is 0 Å². The SMILES string of the molecule is [2H]C([2H])([2H])Oc1cc2c(=O)[nH]cnc2cc1O. The van der Waals surface area contributed by atoms with Crippen LogP contribution in [0.5, 0.6) is 11.5 Å². The predicted molar refractivity (Wildman–Crippen MR) is 50.6 cm³/mol. The first-order valence-electron chi connectivity index (χ1n) is 5.26. The molecule has 0 spiro atoms. The van der Waals surface area contributed by atoms with Crippen molar-refractivity contribution in [2.75, 3.05) is 7.04 Å². The monoisotopic (exact) mass is 195 g/mol. The van der Waals surface area contributed by atoms with Crippen LogP contribution >= 0.6 is 0 Å². The number of nitrogens with one attached hydrogen (secondary N) is 1. The molecule has 0 aliphatic rings. The van der Waals surface area contributed by atoms with Crippen molar-refractivity contribution in [1.29, 1.82) is 0 Å². The van der Waals surface area contributed by atoms with E-state index in [2.05, 4.69) is 14.7 Å². The van der Waals surface area contributed by atoms with Crippen molar-refractivity contribution in [3.8, 4) is 11.5 Å². The molecule has 0 aliphatic heterocycles. The molecule has 14 heavy (non-hydrogen) atoms. The van der Waals surface area contributed by atoms with Crippen LogP contribution in [-0.2, 0) is 0 Å². The van der Waals surface area contributed by atoms with Crippen molar-refractivity contribution in [2.24, 2.45) is 0 Å². The average Bonchev–Trinajstić information content (AvgIpc) is 2.18. The minimum absolute atomic E-state index is 0.143. The number of aromatic nitrogens is 2. The Kier molecular flexibility index (Phi) is 1.22. The molecule has 0 aliphatic carbocycles. The van der Waals surface area contributed by atoms with Crippen molar-refractivity contribution < 1.29 is 14.0 Å². The lowest BCUT2D eigenvalue weighted by Crippen LogP contribution is -2.06. The Balaban J connectivity index is 2.62. The number of fused-ring (bicyclic) bond motifs is 1. The second-order valence-corrected chi connectivity index (χ2v) is 2.67. The number of hydrogen-bond donors (Lipinski definition) is 2. The van der Waals surface area contributed by atoms with Gasteiger partial charge in [-0.2, -0.15) is 0 Å². The third-order valence-electron chi connectivity index (χ3n) is 1.83. The Hall–Kier alpha value is -2.04. The van der Waals surface area contributed by atoms with E-state index in [1.54, 1.807) is 0 Å². The molecule has 1 aromatic carbocycles.